The lowest BCUT2D eigenvalue weighted by Crippen LogP contribution is -2.57. The Hall–Kier alpha value is -6.11. The standard InChI is InChI=1S/C37H61N13O12/c38-12-2-1-7-23(46-27(51)18-43-31(56)21-8-3-13-41-21)34(59)48-24(17-30(54)55)33(58)45-19-28(52)49-15-5-10-25(49)35(60)47-22(9-4-14-42-37(39)40)32(57)44-20-29(53)50-16-6-11-26(50)36(61)62/h21-26,41H,1-20,38H2,(H,43,56)(H,44,57)(H,45,58)(H,46,51)(H,47,60)(H,48,59)(H,54,55)(H,61,62)(H4,39,40,42)/t21-,22-,23-,24-,25-,26-/m0/s1. The van der Waals surface area contributed by atoms with Crippen LogP contribution in [-0.4, -0.2) is 174 Å². The first-order valence-electron chi connectivity index (χ1n) is 20.8. The minimum absolute atomic E-state index is 0.0175. The lowest BCUT2D eigenvalue weighted by molar-refractivity contribution is -0.148. The molecule has 0 radical (unpaired) electrons. The number of hydrogen-bond donors (Lipinski definition) is 12. The molecular weight excluding hydrogens is 818 g/mol. The summed E-state index contributed by atoms with van der Waals surface area (Å²) in [6.07, 6.45) is 3.06. The van der Waals surface area contributed by atoms with Gasteiger partial charge in [-0.1, -0.05) is 0 Å². The third kappa shape index (κ3) is 16.4. The van der Waals surface area contributed by atoms with Gasteiger partial charge in [-0.2, -0.15) is 0 Å². The Morgan fingerprint density at radius 2 is 1.26 bits per heavy atom. The third-order valence-corrected chi connectivity index (χ3v) is 10.6. The molecule has 0 aromatic carbocycles. The van der Waals surface area contributed by atoms with E-state index in [1.54, 1.807) is 0 Å². The number of amides is 8. The highest BCUT2D eigenvalue weighted by Crippen LogP contribution is 2.19. The zero-order valence-corrected chi connectivity index (χ0v) is 34.7. The number of guanidine groups is 1. The molecule has 0 unspecified atom stereocenters. The molecule has 346 valence electrons. The quantitative estimate of drug-likeness (QED) is 0.0231. The van der Waals surface area contributed by atoms with Gasteiger partial charge in [-0.3, -0.25) is 48.1 Å². The SMILES string of the molecule is NCCCC[C@H](NC(=O)CNC(=O)[C@@H]1CCCN1)C(=O)N[C@@H](CC(=O)O)C(=O)NCC(=O)N1CCC[C@H]1C(=O)N[C@@H](CCCN=C(N)N)C(=O)NCC(=O)N1CCC[C@H]1C(=O)O. The molecule has 0 aromatic rings. The number of carbonyl (C=O) groups excluding carboxylic acids is 8. The first-order valence-corrected chi connectivity index (χ1v) is 20.8. The van der Waals surface area contributed by atoms with E-state index in [1.807, 2.05) is 0 Å². The van der Waals surface area contributed by atoms with Crippen LogP contribution in [0.15, 0.2) is 4.99 Å². The Bertz CT molecular complexity index is 1670. The molecule has 62 heavy (non-hydrogen) atoms. The molecule has 3 aliphatic heterocycles. The first kappa shape index (κ1) is 50.2. The molecule has 3 aliphatic rings. The smallest absolute Gasteiger partial charge is 0.326 e. The Balaban J connectivity index is 1.61. The van der Waals surface area contributed by atoms with Crippen LogP contribution in [0.1, 0.15) is 77.0 Å². The van der Waals surface area contributed by atoms with Crippen LogP contribution in [0.3, 0.4) is 0 Å². The van der Waals surface area contributed by atoms with Crippen molar-refractivity contribution >= 4 is 65.2 Å². The molecule has 3 heterocycles. The van der Waals surface area contributed by atoms with Crippen molar-refractivity contribution < 1.29 is 58.2 Å². The molecule has 0 aliphatic carbocycles. The van der Waals surface area contributed by atoms with E-state index in [0.29, 0.717) is 45.2 Å². The molecule has 25 nitrogen and oxygen atoms in total. The van der Waals surface area contributed by atoms with Crippen LogP contribution in [-0.2, 0) is 47.9 Å². The van der Waals surface area contributed by atoms with Crippen LogP contribution in [0.25, 0.3) is 0 Å². The number of rotatable bonds is 25. The van der Waals surface area contributed by atoms with E-state index in [0.717, 1.165) is 11.3 Å². The normalized spacial score (nSPS) is 19.6. The number of unbranched alkanes of at least 4 members (excludes halogenated alkanes) is 1. The number of nitrogens with one attached hydrogen (secondary N) is 7. The highest BCUT2D eigenvalue weighted by Gasteiger charge is 2.38. The van der Waals surface area contributed by atoms with Crippen molar-refractivity contribution in [3.63, 3.8) is 0 Å². The molecule has 0 aromatic heterocycles. The molecule has 3 rings (SSSR count). The van der Waals surface area contributed by atoms with Crippen LogP contribution < -0.4 is 54.4 Å². The minimum atomic E-state index is -1.68. The second kappa shape index (κ2) is 25.6. The number of carboxylic acid groups (broad SMARTS) is 2. The fourth-order valence-corrected chi connectivity index (χ4v) is 7.34. The third-order valence-electron chi connectivity index (χ3n) is 10.6. The Labute approximate surface area is 357 Å². The zero-order chi connectivity index (χ0) is 45.8. The van der Waals surface area contributed by atoms with Crippen LogP contribution in [0, 0.1) is 0 Å². The molecule has 3 fully saturated rings. The van der Waals surface area contributed by atoms with E-state index in [9.17, 15) is 58.2 Å². The van der Waals surface area contributed by atoms with Crippen molar-refractivity contribution in [3.05, 3.63) is 0 Å². The van der Waals surface area contributed by atoms with Crippen LogP contribution in [0.2, 0.25) is 0 Å². The number of aliphatic imine (C=N–C) groups is 1. The van der Waals surface area contributed by atoms with Crippen LogP contribution >= 0.6 is 0 Å². The highest BCUT2D eigenvalue weighted by molar-refractivity contribution is 5.97. The van der Waals surface area contributed by atoms with E-state index >= 15 is 0 Å². The summed E-state index contributed by atoms with van der Waals surface area (Å²) in [4.78, 5) is 134. The Kier molecular flexibility index (Phi) is 20.8. The largest absolute Gasteiger partial charge is 0.481 e. The highest BCUT2D eigenvalue weighted by atomic mass is 16.4. The monoisotopic (exact) mass is 879 g/mol. The summed E-state index contributed by atoms with van der Waals surface area (Å²) in [6.45, 7) is -0.281. The van der Waals surface area contributed by atoms with Crippen molar-refractivity contribution in [2.45, 2.75) is 113 Å². The van der Waals surface area contributed by atoms with E-state index in [1.165, 1.54) is 4.90 Å². The summed E-state index contributed by atoms with van der Waals surface area (Å²) in [5.41, 5.74) is 16.4. The average molecular weight is 880 g/mol. The fraction of sp³-hybridized carbons (Fsp3) is 0.703. The number of nitrogens with two attached hydrogens (primary N) is 3. The van der Waals surface area contributed by atoms with Gasteiger partial charge in [-0.05, 0) is 83.7 Å². The molecule has 0 spiro atoms. The molecule has 0 bridgehead atoms. The van der Waals surface area contributed by atoms with Gasteiger partial charge in [-0.15, -0.1) is 0 Å². The van der Waals surface area contributed by atoms with Gasteiger partial charge >= 0.3 is 11.9 Å². The predicted molar refractivity (Wildman–Crippen MR) is 218 cm³/mol. The number of carbonyl (C=O) groups is 10. The fourth-order valence-electron chi connectivity index (χ4n) is 7.34. The lowest BCUT2D eigenvalue weighted by atomic mass is 10.1. The van der Waals surface area contributed by atoms with Gasteiger partial charge in [0.25, 0.3) is 0 Å². The molecular formula is C37H61N13O12. The second-order valence-corrected chi connectivity index (χ2v) is 15.2. The summed E-state index contributed by atoms with van der Waals surface area (Å²) < 4.78 is 0. The first-order chi connectivity index (χ1) is 29.5. The molecule has 6 atom stereocenters. The van der Waals surface area contributed by atoms with Gasteiger partial charge in [0, 0.05) is 19.6 Å². The van der Waals surface area contributed by atoms with Crippen molar-refractivity contribution in [1.82, 2.24) is 47.0 Å². The number of carboxylic acids is 2. The van der Waals surface area contributed by atoms with Crippen molar-refractivity contribution in [1.29, 1.82) is 0 Å². The minimum Gasteiger partial charge on any atom is -0.481 e. The van der Waals surface area contributed by atoms with E-state index in [4.69, 9.17) is 17.2 Å². The Morgan fingerprint density at radius 3 is 1.84 bits per heavy atom. The summed E-state index contributed by atoms with van der Waals surface area (Å²) >= 11 is 0. The number of nitrogens with zero attached hydrogens (tertiary/aromatic N) is 3. The van der Waals surface area contributed by atoms with Gasteiger partial charge in [0.05, 0.1) is 32.1 Å². The topological polar surface area (TPSA) is 392 Å². The predicted octanol–water partition coefficient (Wildman–Crippen LogP) is -5.73. The van der Waals surface area contributed by atoms with Crippen molar-refractivity contribution in [3.8, 4) is 0 Å². The van der Waals surface area contributed by atoms with E-state index in [2.05, 4.69) is 42.2 Å². The summed E-state index contributed by atoms with van der Waals surface area (Å²) in [6, 6.07) is -6.65. The maximum Gasteiger partial charge on any atom is 0.326 e. The maximum atomic E-state index is 13.6. The van der Waals surface area contributed by atoms with Gasteiger partial charge in [0.15, 0.2) is 5.96 Å². The Morgan fingerprint density at radius 1 is 0.661 bits per heavy atom. The molecule has 3 saturated heterocycles. The zero-order valence-electron chi connectivity index (χ0n) is 34.7. The lowest BCUT2D eigenvalue weighted by Gasteiger charge is -2.27. The molecule has 0 saturated carbocycles. The van der Waals surface area contributed by atoms with E-state index < -0.39 is 116 Å². The number of hydrogen-bond acceptors (Lipinski definition) is 13. The summed E-state index contributed by atoms with van der Waals surface area (Å²) in [5, 5.41) is 36.7. The van der Waals surface area contributed by atoms with Gasteiger partial charge in [0.2, 0.25) is 47.3 Å². The summed E-state index contributed by atoms with van der Waals surface area (Å²) in [5.74, 6) is -8.60. The summed E-state index contributed by atoms with van der Waals surface area (Å²) in [7, 11) is 0. The van der Waals surface area contributed by atoms with Crippen LogP contribution in [0.5, 0.6) is 0 Å². The number of likely N-dealkylation sites (tertiary alicyclic amines) is 2. The maximum absolute atomic E-state index is 13.6. The molecule has 8 amide bonds. The van der Waals surface area contributed by atoms with E-state index in [-0.39, 0.29) is 63.6 Å². The van der Waals surface area contributed by atoms with Crippen LogP contribution in [0.4, 0.5) is 0 Å². The van der Waals surface area contributed by atoms with Gasteiger partial charge < -0.3 is 74.4 Å². The van der Waals surface area contributed by atoms with Crippen molar-refractivity contribution in [2.24, 2.45) is 22.2 Å². The second-order valence-electron chi connectivity index (χ2n) is 15.2. The van der Waals surface area contributed by atoms with Crippen molar-refractivity contribution in [2.75, 3.05) is 52.4 Å². The van der Waals surface area contributed by atoms with Gasteiger partial charge in [0.1, 0.15) is 30.2 Å². The number of aliphatic carboxylic acids is 2. The molecule has 25 heteroatoms. The van der Waals surface area contributed by atoms with Gasteiger partial charge in [-0.25, -0.2) is 4.79 Å². The molecule has 15 N–H and O–H groups in total. The average Bonchev–Trinajstić information content (AvgIpc) is 4.04.